The zero-order chi connectivity index (χ0) is 9.41. The Bertz CT molecular complexity index is 257. The van der Waals surface area contributed by atoms with Gasteiger partial charge in [0.25, 0.3) is 0 Å². The third kappa shape index (κ3) is 1.66. The molecule has 70 valence electrons. The molecule has 0 spiro atoms. The van der Waals surface area contributed by atoms with Gasteiger partial charge in [0.15, 0.2) is 0 Å². The average Bonchev–Trinajstić information content (AvgIpc) is 1.79. The molecule has 1 aliphatic carbocycles. The van der Waals surface area contributed by atoms with Gasteiger partial charge < -0.3 is 0 Å². The first-order valence-electron chi connectivity index (χ1n) is 4.39. The molecule has 1 rings (SSSR count). The van der Waals surface area contributed by atoms with Crippen molar-refractivity contribution in [2.24, 2.45) is 0 Å². The van der Waals surface area contributed by atoms with Crippen LogP contribution in [0.15, 0.2) is 0 Å². The molecule has 1 saturated carbocycles. The Kier molecular flexibility index (Phi) is 2.54. The second-order valence-electron chi connectivity index (χ2n) is 4.08. The maximum Gasteiger partial charge on any atom is 0.209 e. The monoisotopic (exact) mass is 189 g/mol. The van der Waals surface area contributed by atoms with Crippen molar-refractivity contribution in [1.29, 1.82) is 0 Å². The highest BCUT2D eigenvalue weighted by Gasteiger charge is 2.44. The van der Waals surface area contributed by atoms with Crippen LogP contribution in [0.2, 0.25) is 0 Å². The van der Waals surface area contributed by atoms with Gasteiger partial charge in [-0.1, -0.05) is 6.42 Å². The van der Waals surface area contributed by atoms with Crippen LogP contribution in [0.4, 0.5) is 0 Å². The van der Waals surface area contributed by atoms with Crippen molar-refractivity contribution >= 4 is 17.9 Å². The van der Waals surface area contributed by atoms with E-state index in [0.717, 1.165) is 19.3 Å². The highest BCUT2D eigenvalue weighted by Crippen LogP contribution is 2.35. The molecule has 0 atom stereocenters. The van der Waals surface area contributed by atoms with Crippen molar-refractivity contribution in [3.63, 3.8) is 0 Å². The fourth-order valence-electron chi connectivity index (χ4n) is 1.40. The number of hydrogen-bond donors (Lipinski definition) is 1. The van der Waals surface area contributed by atoms with E-state index in [4.69, 9.17) is 0 Å². The van der Waals surface area contributed by atoms with Crippen LogP contribution in [-0.4, -0.2) is 27.0 Å². The molecule has 1 N–H and O–H groups in total. The Morgan fingerprint density at radius 1 is 1.42 bits per heavy atom. The number of hydrogen-bond acceptors (Lipinski definition) is 2. The van der Waals surface area contributed by atoms with Gasteiger partial charge in [0.1, 0.15) is 7.85 Å². The molecule has 0 amide bonds. The SMILES string of the molecule is BC1(S(=O)(=O)NC(C)C)CCC1. The molecule has 0 aliphatic heterocycles. The highest BCUT2D eigenvalue weighted by molar-refractivity contribution is 7.92. The van der Waals surface area contributed by atoms with Gasteiger partial charge in [0.2, 0.25) is 10.0 Å². The molecule has 0 unspecified atom stereocenters. The molecule has 5 heteroatoms. The molecule has 1 fully saturated rings. The Morgan fingerprint density at radius 3 is 2.17 bits per heavy atom. The van der Waals surface area contributed by atoms with Gasteiger partial charge in [-0.3, -0.25) is 0 Å². The first-order valence-corrected chi connectivity index (χ1v) is 5.88. The normalized spacial score (nSPS) is 22.2. The van der Waals surface area contributed by atoms with Gasteiger partial charge >= 0.3 is 0 Å². The predicted molar refractivity (Wildman–Crippen MR) is 52.3 cm³/mol. The molecule has 0 aromatic rings. The van der Waals surface area contributed by atoms with E-state index < -0.39 is 14.7 Å². The maximum atomic E-state index is 11.6. The zero-order valence-electron chi connectivity index (χ0n) is 7.92. The molecule has 0 saturated heterocycles. The van der Waals surface area contributed by atoms with Gasteiger partial charge in [-0.15, -0.1) is 0 Å². The molecule has 0 aromatic carbocycles. The van der Waals surface area contributed by atoms with E-state index in [9.17, 15) is 8.42 Å². The van der Waals surface area contributed by atoms with Gasteiger partial charge in [-0.25, -0.2) is 13.1 Å². The molecule has 12 heavy (non-hydrogen) atoms. The van der Waals surface area contributed by atoms with Crippen molar-refractivity contribution in [2.75, 3.05) is 0 Å². The first kappa shape index (κ1) is 10.1. The molecule has 1 aliphatic rings. The number of rotatable bonds is 3. The predicted octanol–water partition coefficient (Wildman–Crippen LogP) is -0.173. The lowest BCUT2D eigenvalue weighted by molar-refractivity contribution is 0.427. The summed E-state index contributed by atoms with van der Waals surface area (Å²) in [6, 6.07) is 0.00687. The minimum Gasteiger partial charge on any atom is -0.213 e. The average molecular weight is 189 g/mol. The minimum atomic E-state index is -3.07. The topological polar surface area (TPSA) is 46.2 Å². The van der Waals surface area contributed by atoms with E-state index >= 15 is 0 Å². The third-order valence-electron chi connectivity index (χ3n) is 2.45. The van der Waals surface area contributed by atoms with Crippen molar-refractivity contribution in [3.8, 4) is 0 Å². The smallest absolute Gasteiger partial charge is 0.209 e. The zero-order valence-corrected chi connectivity index (χ0v) is 8.74. The van der Waals surface area contributed by atoms with Crippen molar-refractivity contribution in [1.82, 2.24) is 4.72 Å². The lowest BCUT2D eigenvalue weighted by Crippen LogP contribution is -2.53. The summed E-state index contributed by atoms with van der Waals surface area (Å²) in [5.41, 5.74) is 0. The van der Waals surface area contributed by atoms with Crippen LogP contribution in [0.3, 0.4) is 0 Å². The van der Waals surface area contributed by atoms with Crippen LogP contribution in [0.1, 0.15) is 33.1 Å². The van der Waals surface area contributed by atoms with Crippen LogP contribution in [0, 0.1) is 0 Å². The molecule has 0 aromatic heterocycles. The second kappa shape index (κ2) is 3.03. The summed E-state index contributed by atoms with van der Waals surface area (Å²) in [6.45, 7) is 3.69. The van der Waals surface area contributed by atoms with Gasteiger partial charge in [0, 0.05) is 6.04 Å². The molecular formula is C7H16BNO2S. The van der Waals surface area contributed by atoms with E-state index in [1.165, 1.54) is 0 Å². The summed E-state index contributed by atoms with van der Waals surface area (Å²) in [6.07, 6.45) is 2.64. The summed E-state index contributed by atoms with van der Waals surface area (Å²) in [4.78, 5) is 0. The Balaban J connectivity index is 2.72. The van der Waals surface area contributed by atoms with E-state index in [-0.39, 0.29) is 6.04 Å². The molecule has 0 bridgehead atoms. The molecular weight excluding hydrogens is 173 g/mol. The lowest BCUT2D eigenvalue weighted by Gasteiger charge is -2.38. The van der Waals surface area contributed by atoms with Gasteiger partial charge in [-0.2, -0.15) is 0 Å². The van der Waals surface area contributed by atoms with Crippen LogP contribution in [0.5, 0.6) is 0 Å². The van der Waals surface area contributed by atoms with Crippen molar-refractivity contribution in [3.05, 3.63) is 0 Å². The van der Waals surface area contributed by atoms with Crippen molar-refractivity contribution in [2.45, 2.75) is 43.8 Å². The van der Waals surface area contributed by atoms with Crippen LogP contribution in [0.25, 0.3) is 0 Å². The van der Waals surface area contributed by atoms with Crippen LogP contribution < -0.4 is 4.72 Å². The number of sulfonamides is 1. The minimum absolute atomic E-state index is 0.00687. The lowest BCUT2D eigenvalue weighted by atomic mass is 9.70. The summed E-state index contributed by atoms with van der Waals surface area (Å²) < 4.78 is 25.4. The quantitative estimate of drug-likeness (QED) is 0.626. The summed E-state index contributed by atoms with van der Waals surface area (Å²) in [5, 5.41) is 0. The summed E-state index contributed by atoms with van der Waals surface area (Å²) in [5.74, 6) is 0. The number of nitrogens with one attached hydrogen (secondary N) is 1. The van der Waals surface area contributed by atoms with Crippen molar-refractivity contribution < 1.29 is 8.42 Å². The first-order chi connectivity index (χ1) is 5.37. The Hall–Kier alpha value is -0.0251. The molecule has 0 radical (unpaired) electrons. The fourth-order valence-corrected chi connectivity index (χ4v) is 3.13. The summed E-state index contributed by atoms with van der Waals surface area (Å²) in [7, 11) is -1.25. The van der Waals surface area contributed by atoms with Gasteiger partial charge in [0.05, 0.1) is 4.65 Å². The highest BCUT2D eigenvalue weighted by atomic mass is 32.2. The van der Waals surface area contributed by atoms with E-state index in [0.29, 0.717) is 0 Å². The van der Waals surface area contributed by atoms with E-state index in [1.54, 1.807) is 0 Å². The van der Waals surface area contributed by atoms with E-state index in [1.807, 2.05) is 21.7 Å². The second-order valence-corrected chi connectivity index (χ2v) is 6.31. The largest absolute Gasteiger partial charge is 0.213 e. The van der Waals surface area contributed by atoms with Crippen LogP contribution >= 0.6 is 0 Å². The maximum absolute atomic E-state index is 11.6. The third-order valence-corrected chi connectivity index (χ3v) is 4.94. The molecule has 0 heterocycles. The fraction of sp³-hybridized carbons (Fsp3) is 1.00. The van der Waals surface area contributed by atoms with Gasteiger partial charge in [-0.05, 0) is 26.7 Å². The van der Waals surface area contributed by atoms with E-state index in [2.05, 4.69) is 4.72 Å². The standard InChI is InChI=1S/C7H16BNO2S/c1-6(2)9-12(10,11)7(8)4-3-5-7/h6,9H,3-5,8H2,1-2H3. The van der Waals surface area contributed by atoms with Crippen LogP contribution in [-0.2, 0) is 10.0 Å². The summed E-state index contributed by atoms with van der Waals surface area (Å²) >= 11 is 0. The Morgan fingerprint density at radius 2 is 1.92 bits per heavy atom. The Labute approximate surface area is 75.4 Å². The molecule has 3 nitrogen and oxygen atoms in total.